The molecule has 0 fully saturated rings. The van der Waals surface area contributed by atoms with E-state index in [2.05, 4.69) is 0 Å². The molecule has 1 aliphatic carbocycles. The first-order chi connectivity index (χ1) is 10.1. The van der Waals surface area contributed by atoms with Gasteiger partial charge in [-0.15, -0.1) is 11.8 Å². The monoisotopic (exact) mass is 294 g/mol. The number of allylic oxidation sites excluding steroid dienone is 2. The summed E-state index contributed by atoms with van der Waals surface area (Å²) >= 11 is 1.42. The fourth-order valence-corrected chi connectivity index (χ4v) is 3.19. The molecule has 104 valence electrons. The van der Waals surface area contributed by atoms with Gasteiger partial charge in [-0.3, -0.25) is 9.59 Å². The molecule has 0 atom stereocenters. The lowest BCUT2D eigenvalue weighted by Gasteiger charge is -2.14. The third-order valence-electron chi connectivity index (χ3n) is 3.44. The first-order valence-electron chi connectivity index (χ1n) is 6.73. The van der Waals surface area contributed by atoms with E-state index in [1.54, 1.807) is 24.3 Å². The summed E-state index contributed by atoms with van der Waals surface area (Å²) in [6.07, 6.45) is 1.46. The second-order valence-corrected chi connectivity index (χ2v) is 6.04. The number of thioether (sulfide) groups is 1. The van der Waals surface area contributed by atoms with Gasteiger partial charge in [0.05, 0.1) is 4.91 Å². The Kier molecular flexibility index (Phi) is 3.76. The Bertz CT molecular complexity index is 742. The number of hydrogen-bond acceptors (Lipinski definition) is 3. The van der Waals surface area contributed by atoms with E-state index in [0.717, 1.165) is 5.56 Å². The number of ketones is 2. The summed E-state index contributed by atoms with van der Waals surface area (Å²) in [4.78, 5) is 25.0. The molecule has 0 spiro atoms. The van der Waals surface area contributed by atoms with Crippen LogP contribution in [-0.2, 0) is 5.75 Å². The van der Waals surface area contributed by atoms with Gasteiger partial charge in [-0.1, -0.05) is 54.1 Å². The zero-order valence-corrected chi connectivity index (χ0v) is 12.4. The van der Waals surface area contributed by atoms with Gasteiger partial charge < -0.3 is 0 Å². The van der Waals surface area contributed by atoms with Crippen LogP contribution in [0, 0.1) is 6.92 Å². The lowest BCUT2D eigenvalue weighted by atomic mass is 9.95. The first-order valence-corrected chi connectivity index (χ1v) is 7.72. The van der Waals surface area contributed by atoms with Crippen molar-refractivity contribution in [2.24, 2.45) is 0 Å². The molecular formula is C18H14O2S. The number of carbonyl (C=O) groups is 2. The van der Waals surface area contributed by atoms with Crippen molar-refractivity contribution >= 4 is 23.3 Å². The van der Waals surface area contributed by atoms with Gasteiger partial charge in [0, 0.05) is 23.0 Å². The highest BCUT2D eigenvalue weighted by molar-refractivity contribution is 8.03. The van der Waals surface area contributed by atoms with Gasteiger partial charge >= 0.3 is 0 Å². The smallest absolute Gasteiger partial charge is 0.200 e. The first kappa shape index (κ1) is 13.8. The summed E-state index contributed by atoms with van der Waals surface area (Å²) in [5.74, 6) is 0.548. The molecule has 0 aromatic heterocycles. The van der Waals surface area contributed by atoms with Crippen LogP contribution >= 0.6 is 11.8 Å². The molecule has 0 saturated carbocycles. The van der Waals surface area contributed by atoms with E-state index < -0.39 is 0 Å². The lowest BCUT2D eigenvalue weighted by molar-refractivity contribution is 0.0991. The molecular weight excluding hydrogens is 280 g/mol. The maximum absolute atomic E-state index is 12.4. The molecule has 2 nitrogen and oxygen atoms in total. The summed E-state index contributed by atoms with van der Waals surface area (Å²) in [5.41, 5.74) is 3.37. The van der Waals surface area contributed by atoms with E-state index in [-0.39, 0.29) is 11.6 Å². The average Bonchev–Trinajstić information content (AvgIpc) is 2.51. The van der Waals surface area contributed by atoms with Gasteiger partial charge in [-0.05, 0) is 12.5 Å². The molecule has 0 N–H and O–H groups in total. The Hall–Kier alpha value is -2.13. The SMILES string of the molecule is Cc1ccc(CSC2=CC(=O)c3ccccc3C2=O)cc1. The normalized spacial score (nSPS) is 13.9. The minimum absolute atomic E-state index is 0.0534. The Labute approximate surface area is 127 Å². The van der Waals surface area contributed by atoms with Crippen LogP contribution in [0.5, 0.6) is 0 Å². The van der Waals surface area contributed by atoms with E-state index in [4.69, 9.17) is 0 Å². The molecule has 0 radical (unpaired) electrons. The van der Waals surface area contributed by atoms with Gasteiger partial charge in [0.25, 0.3) is 0 Å². The summed E-state index contributed by atoms with van der Waals surface area (Å²) in [5, 5.41) is 0. The van der Waals surface area contributed by atoms with Gasteiger partial charge in [0.1, 0.15) is 0 Å². The molecule has 0 heterocycles. The molecule has 2 aromatic carbocycles. The number of hydrogen-bond donors (Lipinski definition) is 0. The standard InChI is InChI=1S/C18H14O2S/c1-12-6-8-13(9-7-12)11-21-17-10-16(19)14-4-2-3-5-15(14)18(17)20/h2-10H,11H2,1H3. The molecule has 2 aromatic rings. The summed E-state index contributed by atoms with van der Waals surface area (Å²) in [6.45, 7) is 2.04. The van der Waals surface area contributed by atoms with Crippen molar-refractivity contribution in [1.29, 1.82) is 0 Å². The van der Waals surface area contributed by atoms with Crippen molar-refractivity contribution in [3.63, 3.8) is 0 Å². The van der Waals surface area contributed by atoms with E-state index >= 15 is 0 Å². The molecule has 0 amide bonds. The second-order valence-electron chi connectivity index (χ2n) is 5.02. The Morgan fingerprint density at radius 1 is 0.905 bits per heavy atom. The van der Waals surface area contributed by atoms with Crippen LogP contribution in [0.1, 0.15) is 31.8 Å². The predicted molar refractivity (Wildman–Crippen MR) is 85.7 cm³/mol. The highest BCUT2D eigenvalue weighted by Gasteiger charge is 2.25. The Balaban J connectivity index is 1.79. The van der Waals surface area contributed by atoms with Crippen LogP contribution in [0.3, 0.4) is 0 Å². The minimum atomic E-state index is -0.0865. The summed E-state index contributed by atoms with van der Waals surface area (Å²) in [7, 11) is 0. The zero-order chi connectivity index (χ0) is 14.8. The van der Waals surface area contributed by atoms with E-state index in [1.165, 1.54) is 23.4 Å². The van der Waals surface area contributed by atoms with Gasteiger partial charge in [0.15, 0.2) is 11.6 Å². The summed E-state index contributed by atoms with van der Waals surface area (Å²) < 4.78 is 0. The number of Topliss-reactive ketones (excluding diaryl/α,β-unsaturated/α-hetero) is 1. The van der Waals surface area contributed by atoms with Crippen LogP contribution in [-0.4, -0.2) is 11.6 Å². The topological polar surface area (TPSA) is 34.1 Å². The van der Waals surface area contributed by atoms with Gasteiger partial charge in [-0.25, -0.2) is 0 Å². The van der Waals surface area contributed by atoms with Crippen molar-refractivity contribution in [1.82, 2.24) is 0 Å². The number of aryl methyl sites for hydroxylation is 1. The molecule has 3 heteroatoms. The third kappa shape index (κ3) is 2.83. The highest BCUT2D eigenvalue weighted by atomic mass is 32.2. The molecule has 1 aliphatic rings. The molecule has 3 rings (SSSR count). The molecule has 0 aliphatic heterocycles. The number of fused-ring (bicyclic) bond motifs is 1. The number of rotatable bonds is 3. The number of benzene rings is 2. The number of carbonyl (C=O) groups excluding carboxylic acids is 2. The molecule has 0 bridgehead atoms. The molecule has 0 saturated heterocycles. The van der Waals surface area contributed by atoms with Crippen molar-refractivity contribution < 1.29 is 9.59 Å². The van der Waals surface area contributed by atoms with Crippen molar-refractivity contribution in [3.05, 3.63) is 81.8 Å². The fraction of sp³-hybridized carbons (Fsp3) is 0.111. The van der Waals surface area contributed by atoms with Crippen LogP contribution in [0.2, 0.25) is 0 Å². The van der Waals surface area contributed by atoms with Crippen LogP contribution in [0.4, 0.5) is 0 Å². The van der Waals surface area contributed by atoms with Crippen molar-refractivity contribution in [2.45, 2.75) is 12.7 Å². The maximum atomic E-state index is 12.4. The maximum Gasteiger partial charge on any atom is 0.200 e. The van der Waals surface area contributed by atoms with E-state index in [0.29, 0.717) is 21.8 Å². The third-order valence-corrected chi connectivity index (χ3v) is 4.53. The average molecular weight is 294 g/mol. The minimum Gasteiger partial charge on any atom is -0.289 e. The van der Waals surface area contributed by atoms with E-state index in [1.807, 2.05) is 31.2 Å². The zero-order valence-electron chi connectivity index (χ0n) is 11.6. The molecule has 0 unspecified atom stereocenters. The highest BCUT2D eigenvalue weighted by Crippen LogP contribution is 2.30. The van der Waals surface area contributed by atoms with Crippen LogP contribution in [0.15, 0.2) is 59.5 Å². The van der Waals surface area contributed by atoms with Crippen LogP contribution < -0.4 is 0 Å². The van der Waals surface area contributed by atoms with Gasteiger partial charge in [-0.2, -0.15) is 0 Å². The largest absolute Gasteiger partial charge is 0.289 e. The van der Waals surface area contributed by atoms with Crippen molar-refractivity contribution in [3.8, 4) is 0 Å². The summed E-state index contributed by atoms with van der Waals surface area (Å²) in [6, 6.07) is 15.2. The van der Waals surface area contributed by atoms with Gasteiger partial charge in [0.2, 0.25) is 0 Å². The molecule has 21 heavy (non-hydrogen) atoms. The van der Waals surface area contributed by atoms with Crippen molar-refractivity contribution in [2.75, 3.05) is 0 Å². The second kappa shape index (κ2) is 5.70. The Morgan fingerprint density at radius 3 is 2.29 bits per heavy atom. The lowest BCUT2D eigenvalue weighted by Crippen LogP contribution is -2.15. The Morgan fingerprint density at radius 2 is 1.57 bits per heavy atom. The van der Waals surface area contributed by atoms with Crippen LogP contribution in [0.25, 0.3) is 0 Å². The predicted octanol–water partition coefficient (Wildman–Crippen LogP) is 4.19. The fourth-order valence-electron chi connectivity index (χ4n) is 2.24. The quantitative estimate of drug-likeness (QED) is 0.851. The van der Waals surface area contributed by atoms with E-state index in [9.17, 15) is 9.59 Å².